The van der Waals surface area contributed by atoms with Crippen LogP contribution in [0, 0.1) is 6.92 Å². The van der Waals surface area contributed by atoms with E-state index in [4.69, 9.17) is 5.11 Å². The number of benzene rings is 1. The minimum atomic E-state index is 0.000766. The molecule has 0 bridgehead atoms. The summed E-state index contributed by atoms with van der Waals surface area (Å²) in [6.45, 7) is 2.85. The van der Waals surface area contributed by atoms with E-state index in [2.05, 4.69) is 24.2 Å². The standard InChI is InChI=1S/C12H14N2O/c1-10-4-2-3-5-11(10)8-14-7-6-12(9-15)13-14/h2-7,15H,8-9H2,1H3. The topological polar surface area (TPSA) is 38.0 Å². The normalized spacial score (nSPS) is 10.5. The zero-order chi connectivity index (χ0) is 10.7. The second-order valence-electron chi connectivity index (χ2n) is 3.59. The average molecular weight is 202 g/mol. The molecule has 0 saturated heterocycles. The molecule has 0 aliphatic carbocycles. The first-order valence-corrected chi connectivity index (χ1v) is 4.97. The van der Waals surface area contributed by atoms with Gasteiger partial charge in [0.05, 0.1) is 18.8 Å². The van der Waals surface area contributed by atoms with Crippen molar-refractivity contribution in [1.29, 1.82) is 0 Å². The van der Waals surface area contributed by atoms with E-state index in [0.29, 0.717) is 5.69 Å². The van der Waals surface area contributed by atoms with Crippen LogP contribution in [-0.4, -0.2) is 14.9 Å². The molecule has 78 valence electrons. The van der Waals surface area contributed by atoms with Crippen LogP contribution < -0.4 is 0 Å². The number of hydrogen-bond donors (Lipinski definition) is 1. The highest BCUT2D eigenvalue weighted by molar-refractivity contribution is 5.25. The van der Waals surface area contributed by atoms with Crippen LogP contribution in [0.4, 0.5) is 0 Å². The molecule has 15 heavy (non-hydrogen) atoms. The Morgan fingerprint density at radius 3 is 2.73 bits per heavy atom. The predicted molar refractivity (Wildman–Crippen MR) is 58.4 cm³/mol. The van der Waals surface area contributed by atoms with Gasteiger partial charge in [0.25, 0.3) is 0 Å². The summed E-state index contributed by atoms with van der Waals surface area (Å²) in [5.41, 5.74) is 3.23. The third-order valence-electron chi connectivity index (χ3n) is 2.45. The van der Waals surface area contributed by atoms with Gasteiger partial charge in [0.2, 0.25) is 0 Å². The van der Waals surface area contributed by atoms with E-state index in [9.17, 15) is 0 Å². The summed E-state index contributed by atoms with van der Waals surface area (Å²) in [4.78, 5) is 0. The second kappa shape index (κ2) is 4.28. The molecule has 0 unspecified atom stereocenters. The Morgan fingerprint density at radius 1 is 1.27 bits per heavy atom. The number of rotatable bonds is 3. The van der Waals surface area contributed by atoms with Crippen molar-refractivity contribution in [1.82, 2.24) is 9.78 Å². The lowest BCUT2D eigenvalue weighted by Gasteiger charge is -2.05. The number of hydrogen-bond acceptors (Lipinski definition) is 2. The maximum absolute atomic E-state index is 8.90. The Morgan fingerprint density at radius 2 is 2.07 bits per heavy atom. The summed E-state index contributed by atoms with van der Waals surface area (Å²) in [5.74, 6) is 0. The Bertz CT molecular complexity index is 448. The smallest absolute Gasteiger partial charge is 0.0879 e. The number of aliphatic hydroxyl groups is 1. The van der Waals surface area contributed by atoms with Crippen molar-refractivity contribution in [3.05, 3.63) is 53.3 Å². The van der Waals surface area contributed by atoms with Gasteiger partial charge in [-0.15, -0.1) is 0 Å². The van der Waals surface area contributed by atoms with Crippen LogP contribution in [0.25, 0.3) is 0 Å². The van der Waals surface area contributed by atoms with E-state index in [-0.39, 0.29) is 6.61 Å². The molecule has 0 fully saturated rings. The molecule has 1 aromatic heterocycles. The summed E-state index contributed by atoms with van der Waals surface area (Å²) in [7, 11) is 0. The Hall–Kier alpha value is -1.61. The van der Waals surface area contributed by atoms with Crippen molar-refractivity contribution >= 4 is 0 Å². The van der Waals surface area contributed by atoms with Crippen molar-refractivity contribution < 1.29 is 5.11 Å². The predicted octanol–water partition coefficient (Wildman–Crippen LogP) is 1.73. The molecule has 2 aromatic rings. The number of aryl methyl sites for hydroxylation is 1. The second-order valence-corrected chi connectivity index (χ2v) is 3.59. The minimum absolute atomic E-state index is 0.000766. The Kier molecular flexibility index (Phi) is 2.83. The molecule has 0 amide bonds. The van der Waals surface area contributed by atoms with Crippen molar-refractivity contribution in [2.45, 2.75) is 20.1 Å². The van der Waals surface area contributed by atoms with Gasteiger partial charge in [-0.1, -0.05) is 24.3 Å². The number of aromatic nitrogens is 2. The van der Waals surface area contributed by atoms with E-state index in [1.54, 1.807) is 0 Å². The average Bonchev–Trinajstić information content (AvgIpc) is 2.69. The lowest BCUT2D eigenvalue weighted by atomic mass is 10.1. The van der Waals surface area contributed by atoms with Gasteiger partial charge in [-0.2, -0.15) is 5.10 Å². The summed E-state index contributed by atoms with van der Waals surface area (Å²) in [5, 5.41) is 13.1. The summed E-state index contributed by atoms with van der Waals surface area (Å²) in [6, 6.07) is 10.1. The molecule has 0 aliphatic rings. The number of nitrogens with zero attached hydrogens (tertiary/aromatic N) is 2. The van der Waals surface area contributed by atoms with Gasteiger partial charge in [0.1, 0.15) is 0 Å². The molecule has 2 rings (SSSR count). The van der Waals surface area contributed by atoms with E-state index in [1.807, 2.05) is 29.1 Å². The third kappa shape index (κ3) is 2.25. The first kappa shape index (κ1) is 9.93. The quantitative estimate of drug-likeness (QED) is 0.823. The van der Waals surface area contributed by atoms with Gasteiger partial charge in [0, 0.05) is 6.20 Å². The fourth-order valence-electron chi connectivity index (χ4n) is 1.54. The van der Waals surface area contributed by atoms with Gasteiger partial charge in [-0.05, 0) is 24.1 Å². The van der Waals surface area contributed by atoms with E-state index in [0.717, 1.165) is 6.54 Å². The molecule has 1 heterocycles. The molecule has 1 aromatic carbocycles. The summed E-state index contributed by atoms with van der Waals surface area (Å²) < 4.78 is 1.84. The van der Waals surface area contributed by atoms with Crippen molar-refractivity contribution in [2.75, 3.05) is 0 Å². The molecular formula is C12H14N2O. The molecule has 0 radical (unpaired) electrons. The molecule has 0 atom stereocenters. The molecule has 1 N–H and O–H groups in total. The minimum Gasteiger partial charge on any atom is -0.390 e. The molecule has 3 nitrogen and oxygen atoms in total. The Balaban J connectivity index is 2.18. The van der Waals surface area contributed by atoms with Gasteiger partial charge in [0.15, 0.2) is 0 Å². The van der Waals surface area contributed by atoms with E-state index >= 15 is 0 Å². The van der Waals surface area contributed by atoms with Crippen LogP contribution in [0.1, 0.15) is 16.8 Å². The SMILES string of the molecule is Cc1ccccc1Cn1ccc(CO)n1. The van der Waals surface area contributed by atoms with Gasteiger partial charge >= 0.3 is 0 Å². The summed E-state index contributed by atoms with van der Waals surface area (Å²) in [6.07, 6.45) is 1.89. The molecule has 0 saturated carbocycles. The van der Waals surface area contributed by atoms with Crippen LogP contribution in [0.2, 0.25) is 0 Å². The van der Waals surface area contributed by atoms with E-state index < -0.39 is 0 Å². The molecular weight excluding hydrogens is 188 g/mol. The van der Waals surface area contributed by atoms with Gasteiger partial charge < -0.3 is 5.11 Å². The first-order chi connectivity index (χ1) is 7.29. The van der Waals surface area contributed by atoms with Crippen LogP contribution in [0.15, 0.2) is 36.5 Å². The highest BCUT2D eigenvalue weighted by atomic mass is 16.3. The molecule has 3 heteroatoms. The van der Waals surface area contributed by atoms with Crippen LogP contribution >= 0.6 is 0 Å². The lowest BCUT2D eigenvalue weighted by Crippen LogP contribution is -2.02. The van der Waals surface area contributed by atoms with Crippen LogP contribution in [-0.2, 0) is 13.2 Å². The van der Waals surface area contributed by atoms with Crippen molar-refractivity contribution in [3.8, 4) is 0 Å². The van der Waals surface area contributed by atoms with Gasteiger partial charge in [-0.3, -0.25) is 4.68 Å². The first-order valence-electron chi connectivity index (χ1n) is 4.97. The van der Waals surface area contributed by atoms with Crippen molar-refractivity contribution in [3.63, 3.8) is 0 Å². The monoisotopic (exact) mass is 202 g/mol. The highest BCUT2D eigenvalue weighted by Gasteiger charge is 2.00. The largest absolute Gasteiger partial charge is 0.390 e. The zero-order valence-corrected chi connectivity index (χ0v) is 8.72. The van der Waals surface area contributed by atoms with E-state index in [1.165, 1.54) is 11.1 Å². The van der Waals surface area contributed by atoms with Crippen LogP contribution in [0.3, 0.4) is 0 Å². The molecule has 0 spiro atoms. The fourth-order valence-corrected chi connectivity index (χ4v) is 1.54. The third-order valence-corrected chi connectivity index (χ3v) is 2.45. The van der Waals surface area contributed by atoms with Crippen molar-refractivity contribution in [2.24, 2.45) is 0 Å². The Labute approximate surface area is 89.0 Å². The van der Waals surface area contributed by atoms with Crippen LogP contribution in [0.5, 0.6) is 0 Å². The fraction of sp³-hybridized carbons (Fsp3) is 0.250. The number of aliphatic hydroxyl groups excluding tert-OH is 1. The maximum atomic E-state index is 8.90. The zero-order valence-electron chi connectivity index (χ0n) is 8.72. The molecule has 0 aliphatic heterocycles. The lowest BCUT2D eigenvalue weighted by molar-refractivity contribution is 0.275. The highest BCUT2D eigenvalue weighted by Crippen LogP contribution is 2.08. The van der Waals surface area contributed by atoms with Gasteiger partial charge in [-0.25, -0.2) is 0 Å². The maximum Gasteiger partial charge on any atom is 0.0879 e. The summed E-state index contributed by atoms with van der Waals surface area (Å²) >= 11 is 0.